The lowest BCUT2D eigenvalue weighted by Crippen LogP contribution is -2.38. The van der Waals surface area contributed by atoms with Crippen LogP contribution in [0.3, 0.4) is 0 Å². The lowest BCUT2D eigenvalue weighted by molar-refractivity contribution is -0.116. The molecule has 8 nitrogen and oxygen atoms in total. The molecular formula is C28H31N5O3S. The molecule has 0 atom stereocenters. The highest BCUT2D eigenvalue weighted by atomic mass is 32.2. The summed E-state index contributed by atoms with van der Waals surface area (Å²) in [4.78, 5) is 29.8. The number of benzene rings is 1. The third kappa shape index (κ3) is 5.94. The Labute approximate surface area is 219 Å². The quantitative estimate of drug-likeness (QED) is 0.268. The number of amides is 1. The molecule has 3 aromatic rings. The summed E-state index contributed by atoms with van der Waals surface area (Å²) in [7, 11) is -0.788. The predicted octanol–water partition coefficient (Wildman–Crippen LogP) is 3.98. The summed E-state index contributed by atoms with van der Waals surface area (Å²) in [6.45, 7) is 5.30. The van der Waals surface area contributed by atoms with E-state index in [1.165, 1.54) is 5.69 Å². The van der Waals surface area contributed by atoms with Crippen LogP contribution in [0.1, 0.15) is 18.4 Å². The van der Waals surface area contributed by atoms with Gasteiger partial charge in [-0.25, -0.2) is 9.98 Å². The van der Waals surface area contributed by atoms with Crippen molar-refractivity contribution in [2.24, 2.45) is 4.99 Å². The maximum atomic E-state index is 11.9. The van der Waals surface area contributed by atoms with Crippen LogP contribution in [0.25, 0.3) is 22.5 Å². The zero-order chi connectivity index (χ0) is 25.6. The molecule has 0 saturated carbocycles. The summed E-state index contributed by atoms with van der Waals surface area (Å²) < 4.78 is 17.2. The first-order chi connectivity index (χ1) is 18.1. The highest BCUT2D eigenvalue weighted by Gasteiger charge is 2.22. The Morgan fingerprint density at radius 3 is 2.54 bits per heavy atom. The van der Waals surface area contributed by atoms with Gasteiger partial charge >= 0.3 is 0 Å². The second-order valence-corrected chi connectivity index (χ2v) is 11.0. The number of hydrogen-bond donors (Lipinski definition) is 0. The van der Waals surface area contributed by atoms with E-state index in [9.17, 15) is 9.00 Å². The highest BCUT2D eigenvalue weighted by molar-refractivity contribution is 7.85. The van der Waals surface area contributed by atoms with Gasteiger partial charge in [-0.3, -0.25) is 14.0 Å². The number of carbonyl (C=O) groups is 1. The van der Waals surface area contributed by atoms with Crippen molar-refractivity contribution in [3.8, 4) is 22.5 Å². The Bertz CT molecular complexity index is 1270. The van der Waals surface area contributed by atoms with E-state index in [0.717, 1.165) is 55.1 Å². The monoisotopic (exact) mass is 517 g/mol. The fourth-order valence-electron chi connectivity index (χ4n) is 4.76. The Morgan fingerprint density at radius 1 is 1.11 bits per heavy atom. The number of nitrogens with zero attached hydrogens (tertiary/aromatic N) is 5. The fraction of sp³-hybridized carbons (Fsp3) is 0.357. The van der Waals surface area contributed by atoms with Gasteiger partial charge in [0.25, 0.3) is 0 Å². The molecule has 2 aromatic heterocycles. The van der Waals surface area contributed by atoms with Crippen LogP contribution in [-0.4, -0.2) is 75.7 Å². The van der Waals surface area contributed by atoms with Gasteiger partial charge < -0.3 is 14.5 Å². The molecule has 1 amide bonds. The first-order valence-electron chi connectivity index (χ1n) is 12.6. The molecule has 0 radical (unpaired) electrons. The van der Waals surface area contributed by atoms with Crippen LogP contribution in [0.4, 0.5) is 11.4 Å². The van der Waals surface area contributed by atoms with Gasteiger partial charge in [-0.05, 0) is 55.7 Å². The van der Waals surface area contributed by atoms with Crippen LogP contribution in [0, 0.1) is 6.92 Å². The van der Waals surface area contributed by atoms with E-state index in [1.54, 1.807) is 23.6 Å². The highest BCUT2D eigenvalue weighted by Crippen LogP contribution is 2.35. The van der Waals surface area contributed by atoms with Crippen molar-refractivity contribution in [1.82, 2.24) is 14.9 Å². The number of aryl methyl sites for hydroxylation is 1. The van der Waals surface area contributed by atoms with Gasteiger partial charge in [0.15, 0.2) is 0 Å². The topological polar surface area (TPSA) is 88.0 Å². The number of carbonyl (C=O) groups excluding carboxylic acids is 1. The van der Waals surface area contributed by atoms with E-state index in [0.29, 0.717) is 35.7 Å². The molecule has 9 heteroatoms. The summed E-state index contributed by atoms with van der Waals surface area (Å²) in [6, 6.07) is 14.4. The molecule has 0 spiro atoms. The van der Waals surface area contributed by atoms with Gasteiger partial charge in [0.2, 0.25) is 6.41 Å². The summed E-state index contributed by atoms with van der Waals surface area (Å²) in [5, 5.41) is 0. The minimum Gasteiger partial charge on any atom is -0.378 e. The number of aromatic nitrogens is 2. The van der Waals surface area contributed by atoms with E-state index in [2.05, 4.69) is 34.1 Å². The molecule has 2 aliphatic heterocycles. The molecular weight excluding hydrogens is 486 g/mol. The molecule has 37 heavy (non-hydrogen) atoms. The van der Waals surface area contributed by atoms with Gasteiger partial charge in [0, 0.05) is 70.6 Å². The smallest absolute Gasteiger partial charge is 0.215 e. The third-order valence-corrected chi connectivity index (χ3v) is 8.26. The number of anilines is 1. The summed E-state index contributed by atoms with van der Waals surface area (Å²) in [5.74, 6) is 1.23. The third-order valence-electron chi connectivity index (χ3n) is 6.88. The van der Waals surface area contributed by atoms with Crippen molar-refractivity contribution in [3.05, 3.63) is 60.4 Å². The Morgan fingerprint density at radius 2 is 1.86 bits per heavy atom. The summed E-state index contributed by atoms with van der Waals surface area (Å²) in [5.41, 5.74) is 6.28. The van der Waals surface area contributed by atoms with Crippen LogP contribution >= 0.6 is 0 Å². The van der Waals surface area contributed by atoms with Gasteiger partial charge in [0.05, 0.1) is 36.6 Å². The molecule has 1 aromatic carbocycles. The maximum Gasteiger partial charge on any atom is 0.215 e. The van der Waals surface area contributed by atoms with Crippen LogP contribution < -0.4 is 4.90 Å². The van der Waals surface area contributed by atoms with E-state index < -0.39 is 10.8 Å². The van der Waals surface area contributed by atoms with Crippen LogP contribution in [-0.2, 0) is 20.3 Å². The zero-order valence-electron chi connectivity index (χ0n) is 21.0. The van der Waals surface area contributed by atoms with E-state index >= 15 is 0 Å². The number of rotatable bonds is 7. The molecule has 2 fully saturated rings. The van der Waals surface area contributed by atoms with Crippen molar-refractivity contribution in [2.75, 3.05) is 42.7 Å². The average molecular weight is 518 g/mol. The first-order valence-corrected chi connectivity index (χ1v) is 14.1. The Hall–Kier alpha value is -3.43. The number of pyridine rings is 2. The van der Waals surface area contributed by atoms with E-state index in [4.69, 9.17) is 14.7 Å². The van der Waals surface area contributed by atoms with Crippen LogP contribution in [0.5, 0.6) is 0 Å². The minimum absolute atomic E-state index is 0.0123. The second-order valence-electron chi connectivity index (χ2n) is 9.29. The second kappa shape index (κ2) is 11.7. The van der Waals surface area contributed by atoms with Crippen LogP contribution in [0.2, 0.25) is 0 Å². The van der Waals surface area contributed by atoms with Gasteiger partial charge in [0.1, 0.15) is 0 Å². The standard InChI is InChI=1S/C28H31N5O3S/c1-21-17-26(22-4-6-24(7-5-22)32-11-13-36-14-12-32)31-28(23-3-2-10-29-18-23)27(21)30-19-33(20-34)25-8-15-37(35)16-9-25/h2-7,10,17-20,25H,8-9,11-16H2,1H3. The number of morpholine rings is 1. The van der Waals surface area contributed by atoms with E-state index in [1.807, 2.05) is 25.1 Å². The Kier molecular flexibility index (Phi) is 8.01. The van der Waals surface area contributed by atoms with Crippen molar-refractivity contribution < 1.29 is 13.7 Å². The predicted molar refractivity (Wildman–Crippen MR) is 148 cm³/mol. The fourth-order valence-corrected chi connectivity index (χ4v) is 6.03. The zero-order valence-corrected chi connectivity index (χ0v) is 21.8. The largest absolute Gasteiger partial charge is 0.378 e. The lowest BCUT2D eigenvalue weighted by Gasteiger charge is -2.29. The van der Waals surface area contributed by atoms with E-state index in [-0.39, 0.29) is 6.04 Å². The molecule has 0 aliphatic carbocycles. The molecule has 0 bridgehead atoms. The van der Waals surface area contributed by atoms with Gasteiger partial charge in [-0.15, -0.1) is 0 Å². The summed E-state index contributed by atoms with van der Waals surface area (Å²) >= 11 is 0. The van der Waals surface area contributed by atoms with Gasteiger partial charge in [-0.1, -0.05) is 12.1 Å². The first kappa shape index (κ1) is 25.2. The SMILES string of the molecule is Cc1cc(-c2ccc(N3CCOCC3)cc2)nc(-c2cccnc2)c1N=CN(C=O)C1CCS(=O)CC1. The van der Waals surface area contributed by atoms with Crippen molar-refractivity contribution >= 4 is 34.9 Å². The molecule has 0 unspecified atom stereocenters. The van der Waals surface area contributed by atoms with Crippen LogP contribution in [0.15, 0.2) is 59.9 Å². The molecule has 4 heterocycles. The van der Waals surface area contributed by atoms with Crippen molar-refractivity contribution in [3.63, 3.8) is 0 Å². The molecule has 2 saturated heterocycles. The van der Waals surface area contributed by atoms with Crippen molar-refractivity contribution in [2.45, 2.75) is 25.8 Å². The summed E-state index contributed by atoms with van der Waals surface area (Å²) in [6.07, 6.45) is 7.33. The Balaban J connectivity index is 1.47. The van der Waals surface area contributed by atoms with Crippen molar-refractivity contribution in [1.29, 1.82) is 0 Å². The number of ether oxygens (including phenoxy) is 1. The molecule has 5 rings (SSSR count). The van der Waals surface area contributed by atoms with Gasteiger partial charge in [-0.2, -0.15) is 0 Å². The molecule has 2 aliphatic rings. The molecule has 192 valence electrons. The average Bonchev–Trinajstić information content (AvgIpc) is 2.95. The maximum absolute atomic E-state index is 11.9. The minimum atomic E-state index is -0.788. The number of aliphatic imine (C=N–C) groups is 1. The number of hydrogen-bond acceptors (Lipinski definition) is 7. The lowest BCUT2D eigenvalue weighted by atomic mass is 10.0. The normalized spacial score (nSPS) is 20.2. The molecule has 0 N–H and O–H groups in total.